The van der Waals surface area contributed by atoms with E-state index in [1.165, 1.54) is 34.8 Å². The Hall–Kier alpha value is -2.46. The molecule has 9 heteroatoms. The molecule has 3 aromatic heterocycles. The Morgan fingerprint density at radius 1 is 1.27 bits per heavy atom. The normalized spacial score (nSPS) is 16.2. The fourth-order valence-corrected chi connectivity index (χ4v) is 6.49. The van der Waals surface area contributed by atoms with Gasteiger partial charge >= 0.3 is 5.97 Å². The summed E-state index contributed by atoms with van der Waals surface area (Å²) in [7, 11) is 0. The molecule has 154 valence electrons. The number of ketones is 2. The lowest BCUT2D eigenvalue weighted by molar-refractivity contribution is -0.138. The Balaban J connectivity index is 1.84. The third-order valence-electron chi connectivity index (χ3n) is 5.02. The van der Waals surface area contributed by atoms with Crippen LogP contribution in [0.1, 0.15) is 50.0 Å². The Kier molecular flexibility index (Phi) is 5.79. The number of rotatable bonds is 8. The van der Waals surface area contributed by atoms with Crippen molar-refractivity contribution in [2.75, 3.05) is 5.75 Å². The monoisotopic (exact) mass is 459 g/mol. The Labute approximate surface area is 183 Å². The molecule has 1 aliphatic heterocycles. The van der Waals surface area contributed by atoms with Crippen LogP contribution in [0.25, 0.3) is 0 Å². The predicted octanol–water partition coefficient (Wildman–Crippen LogP) is 3.94. The van der Waals surface area contributed by atoms with Gasteiger partial charge in [0.25, 0.3) is 0 Å². The van der Waals surface area contributed by atoms with Gasteiger partial charge in [-0.1, -0.05) is 17.9 Å². The van der Waals surface area contributed by atoms with Crippen LogP contribution in [0.15, 0.2) is 51.2 Å². The van der Waals surface area contributed by atoms with Gasteiger partial charge in [0.15, 0.2) is 0 Å². The summed E-state index contributed by atoms with van der Waals surface area (Å²) in [6.45, 7) is 3.94. The van der Waals surface area contributed by atoms with Crippen molar-refractivity contribution >= 4 is 51.4 Å². The summed E-state index contributed by atoms with van der Waals surface area (Å²) >= 11 is 1.18. The number of carboxylic acids is 1. The van der Waals surface area contributed by atoms with Crippen LogP contribution in [0.4, 0.5) is 0 Å². The molecule has 0 aromatic carbocycles. The van der Waals surface area contributed by atoms with Crippen molar-refractivity contribution in [3.63, 3.8) is 0 Å². The zero-order valence-corrected chi connectivity index (χ0v) is 18.1. The number of hydrogen-bond acceptors (Lipinski definition) is 6. The van der Waals surface area contributed by atoms with Crippen LogP contribution in [0.2, 0.25) is 0 Å². The van der Waals surface area contributed by atoms with Gasteiger partial charge in [0.2, 0.25) is 15.8 Å². The average molecular weight is 460 g/mol. The SMILES string of the molecule is C=CC[S+]([O-])c1sccc1C(=O)c1cc2n(c1C(=O)c1ccsc1)CCC2C(=O)O. The number of aromatic nitrogens is 1. The van der Waals surface area contributed by atoms with Gasteiger partial charge in [0, 0.05) is 34.4 Å². The number of fused-ring (bicyclic) bond motifs is 1. The zero-order valence-electron chi connectivity index (χ0n) is 15.7. The van der Waals surface area contributed by atoms with E-state index in [-0.39, 0.29) is 28.4 Å². The maximum absolute atomic E-state index is 13.4. The maximum Gasteiger partial charge on any atom is 0.312 e. The van der Waals surface area contributed by atoms with Gasteiger partial charge in [0.05, 0.1) is 17.0 Å². The third-order valence-corrected chi connectivity index (χ3v) is 8.43. The van der Waals surface area contributed by atoms with Gasteiger partial charge in [-0.05, 0) is 41.5 Å². The lowest BCUT2D eigenvalue weighted by Gasteiger charge is -2.10. The van der Waals surface area contributed by atoms with Crippen molar-refractivity contribution in [3.8, 4) is 0 Å². The van der Waals surface area contributed by atoms with Crippen molar-refractivity contribution < 1.29 is 24.0 Å². The van der Waals surface area contributed by atoms with E-state index in [1.54, 1.807) is 32.8 Å². The number of carbonyl (C=O) groups excluding carboxylic acids is 2. The number of thiophene rings is 2. The first-order valence-corrected chi connectivity index (χ1v) is 12.2. The van der Waals surface area contributed by atoms with E-state index in [9.17, 15) is 24.0 Å². The van der Waals surface area contributed by atoms with Crippen LogP contribution in [-0.4, -0.2) is 37.5 Å². The number of carboxylic acid groups (broad SMARTS) is 1. The summed E-state index contributed by atoms with van der Waals surface area (Å²) in [4.78, 5) is 38.4. The zero-order chi connectivity index (χ0) is 21.4. The smallest absolute Gasteiger partial charge is 0.312 e. The molecule has 1 N–H and O–H groups in total. The molecule has 4 heterocycles. The van der Waals surface area contributed by atoms with E-state index in [4.69, 9.17) is 0 Å². The van der Waals surface area contributed by atoms with Gasteiger partial charge < -0.3 is 14.2 Å². The Morgan fingerprint density at radius 3 is 2.73 bits per heavy atom. The molecular weight excluding hydrogens is 442 g/mol. The van der Waals surface area contributed by atoms with Gasteiger partial charge in [-0.25, -0.2) is 0 Å². The van der Waals surface area contributed by atoms with E-state index in [2.05, 4.69) is 6.58 Å². The number of aliphatic carboxylic acids is 1. The Bertz CT molecular complexity index is 1140. The molecule has 1 aliphatic rings. The van der Waals surface area contributed by atoms with Gasteiger partial charge in [-0.3, -0.25) is 14.4 Å². The van der Waals surface area contributed by atoms with Crippen LogP contribution >= 0.6 is 22.7 Å². The van der Waals surface area contributed by atoms with Crippen molar-refractivity contribution in [3.05, 3.63) is 75.1 Å². The highest BCUT2D eigenvalue weighted by Crippen LogP contribution is 2.36. The predicted molar refractivity (Wildman–Crippen MR) is 116 cm³/mol. The molecule has 4 rings (SSSR count). The van der Waals surface area contributed by atoms with Gasteiger partial charge in [-0.15, -0.1) is 0 Å². The van der Waals surface area contributed by atoms with Crippen LogP contribution in [-0.2, 0) is 22.5 Å². The number of carbonyl (C=O) groups is 3. The summed E-state index contributed by atoms with van der Waals surface area (Å²) in [6.07, 6.45) is 1.90. The van der Waals surface area contributed by atoms with Crippen LogP contribution in [0.5, 0.6) is 0 Å². The second-order valence-corrected chi connectivity index (χ2v) is 10.1. The molecule has 0 spiro atoms. The molecule has 0 radical (unpaired) electrons. The van der Waals surface area contributed by atoms with Crippen LogP contribution in [0.3, 0.4) is 0 Å². The standard InChI is InChI=1S/C21H17NO5S3/c1-2-9-30(27)21-14(5-8-29-21)19(24)15-10-16-13(20(25)26)3-6-22(16)17(15)18(23)12-4-7-28-11-12/h2,4-5,7-8,10-11,13H,1,3,6,9H2,(H,25,26). The fourth-order valence-electron chi connectivity index (χ4n) is 3.67. The lowest BCUT2D eigenvalue weighted by atomic mass is 9.99. The molecule has 3 aromatic rings. The van der Waals surface area contributed by atoms with E-state index in [1.807, 2.05) is 0 Å². The van der Waals surface area contributed by atoms with Crippen molar-refractivity contribution in [2.45, 2.75) is 23.1 Å². The average Bonchev–Trinajstić information content (AvgIpc) is 3.50. The topological polar surface area (TPSA) is 99.4 Å². The second-order valence-electron chi connectivity index (χ2n) is 6.76. The first kappa shape index (κ1) is 20.8. The molecule has 0 saturated heterocycles. The molecule has 30 heavy (non-hydrogen) atoms. The summed E-state index contributed by atoms with van der Waals surface area (Å²) in [5.74, 6) is -2.27. The summed E-state index contributed by atoms with van der Waals surface area (Å²) in [5, 5.41) is 14.7. The summed E-state index contributed by atoms with van der Waals surface area (Å²) in [6, 6.07) is 4.80. The molecule has 6 nitrogen and oxygen atoms in total. The number of hydrogen-bond donors (Lipinski definition) is 1. The quantitative estimate of drug-likeness (QED) is 0.312. The van der Waals surface area contributed by atoms with Gasteiger partial charge in [0.1, 0.15) is 11.4 Å². The first-order valence-electron chi connectivity index (χ1n) is 9.08. The summed E-state index contributed by atoms with van der Waals surface area (Å²) in [5.41, 5.74) is 1.53. The Morgan fingerprint density at radius 2 is 2.07 bits per heavy atom. The molecule has 2 atom stereocenters. The molecule has 0 aliphatic carbocycles. The highest BCUT2D eigenvalue weighted by Gasteiger charge is 2.37. The van der Waals surface area contributed by atoms with E-state index in [0.717, 1.165) is 0 Å². The molecule has 0 amide bonds. The van der Waals surface area contributed by atoms with E-state index < -0.39 is 28.8 Å². The number of nitrogens with zero attached hydrogens (tertiary/aromatic N) is 1. The van der Waals surface area contributed by atoms with Crippen molar-refractivity contribution in [1.29, 1.82) is 0 Å². The molecule has 0 saturated carbocycles. The van der Waals surface area contributed by atoms with Crippen molar-refractivity contribution in [2.24, 2.45) is 0 Å². The largest absolute Gasteiger partial charge is 0.611 e. The summed E-state index contributed by atoms with van der Waals surface area (Å²) < 4.78 is 14.6. The second kappa shape index (κ2) is 8.35. The third kappa shape index (κ3) is 3.47. The molecular formula is C21H17NO5S3. The van der Waals surface area contributed by atoms with Gasteiger partial charge in [-0.2, -0.15) is 11.3 Å². The lowest BCUT2D eigenvalue weighted by Crippen LogP contribution is -2.15. The molecule has 0 bridgehead atoms. The van der Waals surface area contributed by atoms with Crippen LogP contribution in [0, 0.1) is 0 Å². The van der Waals surface area contributed by atoms with Crippen LogP contribution < -0.4 is 0 Å². The molecule has 2 unspecified atom stereocenters. The molecule has 0 fully saturated rings. The highest BCUT2D eigenvalue weighted by molar-refractivity contribution is 7.93. The maximum atomic E-state index is 13.4. The highest BCUT2D eigenvalue weighted by atomic mass is 32.2. The minimum absolute atomic E-state index is 0.155. The van der Waals surface area contributed by atoms with E-state index >= 15 is 0 Å². The van der Waals surface area contributed by atoms with E-state index in [0.29, 0.717) is 28.4 Å². The minimum atomic E-state index is -1.41. The first-order chi connectivity index (χ1) is 14.4. The fraction of sp³-hybridized carbons (Fsp3) is 0.190. The minimum Gasteiger partial charge on any atom is -0.611 e. The van der Waals surface area contributed by atoms with Crippen molar-refractivity contribution in [1.82, 2.24) is 4.57 Å².